The van der Waals surface area contributed by atoms with Gasteiger partial charge in [0.15, 0.2) is 0 Å². The smallest absolute Gasteiger partial charge is 0.311 e. The Morgan fingerprint density at radius 3 is 2.55 bits per heavy atom. The maximum atomic E-state index is 11.4. The number of benzene rings is 2. The molecule has 0 spiro atoms. The Morgan fingerprint density at radius 1 is 1.25 bits per heavy atom. The van der Waals surface area contributed by atoms with E-state index in [0.29, 0.717) is 16.5 Å². The van der Waals surface area contributed by atoms with E-state index in [2.05, 4.69) is 0 Å². The van der Waals surface area contributed by atoms with Crippen LogP contribution in [0.3, 0.4) is 0 Å². The van der Waals surface area contributed by atoms with Crippen LogP contribution in [0.2, 0.25) is 5.02 Å². The molecule has 0 aliphatic rings. The Balaban J connectivity index is 2.12. The lowest BCUT2D eigenvalue weighted by Crippen LogP contribution is -2.14. The summed E-state index contributed by atoms with van der Waals surface area (Å²) in [7, 11) is 0. The zero-order chi connectivity index (χ0) is 14.5. The number of nitrogens with two attached hydrogens (primary N) is 1. The zero-order valence-electron chi connectivity index (χ0n) is 10.6. The van der Waals surface area contributed by atoms with Gasteiger partial charge in [0.1, 0.15) is 0 Å². The van der Waals surface area contributed by atoms with E-state index < -0.39 is 11.9 Å². The predicted molar refractivity (Wildman–Crippen MR) is 83.4 cm³/mol. The molecule has 0 aliphatic carbocycles. The lowest BCUT2D eigenvalue weighted by Gasteiger charge is -2.13. The third-order valence-corrected chi connectivity index (χ3v) is 4.30. The number of thioether (sulfide) groups is 1. The van der Waals surface area contributed by atoms with E-state index in [1.165, 1.54) is 11.8 Å². The molecule has 0 fully saturated rings. The number of nitrogen functional groups attached to an aromatic ring is 1. The van der Waals surface area contributed by atoms with Crippen molar-refractivity contribution in [2.75, 3.05) is 11.5 Å². The van der Waals surface area contributed by atoms with Crippen LogP contribution in [-0.4, -0.2) is 16.8 Å². The maximum Gasteiger partial charge on any atom is 0.311 e. The van der Waals surface area contributed by atoms with Gasteiger partial charge in [-0.2, -0.15) is 0 Å². The highest BCUT2D eigenvalue weighted by Gasteiger charge is 2.20. The highest BCUT2D eigenvalue weighted by molar-refractivity contribution is 7.99. The van der Waals surface area contributed by atoms with Gasteiger partial charge in [0, 0.05) is 21.4 Å². The summed E-state index contributed by atoms with van der Waals surface area (Å²) < 4.78 is 0. The van der Waals surface area contributed by atoms with E-state index in [9.17, 15) is 9.90 Å². The van der Waals surface area contributed by atoms with Gasteiger partial charge < -0.3 is 10.8 Å². The summed E-state index contributed by atoms with van der Waals surface area (Å²) in [5.74, 6) is -0.974. The molecule has 104 valence electrons. The van der Waals surface area contributed by atoms with Crippen LogP contribution in [0, 0.1) is 0 Å². The number of carbonyl (C=O) groups is 1. The van der Waals surface area contributed by atoms with Gasteiger partial charge in [-0.3, -0.25) is 4.79 Å². The fourth-order valence-corrected chi connectivity index (χ4v) is 3.07. The van der Waals surface area contributed by atoms with Crippen LogP contribution in [0.15, 0.2) is 53.4 Å². The molecular weight excluding hydrogens is 294 g/mol. The number of halogens is 1. The minimum atomic E-state index is -0.837. The van der Waals surface area contributed by atoms with Crippen molar-refractivity contribution >= 4 is 35.0 Å². The van der Waals surface area contributed by atoms with E-state index in [1.54, 1.807) is 12.1 Å². The third kappa shape index (κ3) is 3.68. The Bertz CT molecular complexity index is 604. The minimum Gasteiger partial charge on any atom is -0.481 e. The van der Waals surface area contributed by atoms with Crippen LogP contribution in [0.1, 0.15) is 11.5 Å². The molecule has 0 saturated heterocycles. The standard InChI is InChI=1S/C15H14ClNO2S/c16-11-6-7-14(13(17)8-11)20-9-12(15(18)19)10-4-2-1-3-5-10/h1-8,12H,9,17H2,(H,18,19). The summed E-state index contributed by atoms with van der Waals surface area (Å²) in [5.41, 5.74) is 7.23. The van der Waals surface area contributed by atoms with Crippen molar-refractivity contribution in [1.29, 1.82) is 0 Å². The first-order chi connectivity index (χ1) is 9.58. The SMILES string of the molecule is Nc1cc(Cl)ccc1SCC(C(=O)O)c1ccccc1. The first kappa shape index (κ1) is 14.8. The number of carboxylic acid groups (broad SMARTS) is 1. The second-order valence-corrected chi connectivity index (χ2v) is 5.79. The minimum absolute atomic E-state index is 0.422. The molecule has 3 N–H and O–H groups in total. The van der Waals surface area contributed by atoms with E-state index in [0.717, 1.165) is 10.5 Å². The molecule has 0 bridgehead atoms. The molecule has 0 heterocycles. The average molecular weight is 308 g/mol. The Kier molecular flexibility index (Phi) is 4.93. The van der Waals surface area contributed by atoms with E-state index in [4.69, 9.17) is 17.3 Å². The number of hydrogen-bond acceptors (Lipinski definition) is 3. The molecule has 3 nitrogen and oxygen atoms in total. The summed E-state index contributed by atoms with van der Waals surface area (Å²) in [6, 6.07) is 14.4. The van der Waals surface area contributed by atoms with Gasteiger partial charge in [-0.15, -0.1) is 11.8 Å². The molecule has 2 rings (SSSR count). The molecule has 0 aliphatic heterocycles. The van der Waals surface area contributed by atoms with Crippen LogP contribution in [0.5, 0.6) is 0 Å². The van der Waals surface area contributed by atoms with E-state index >= 15 is 0 Å². The van der Waals surface area contributed by atoms with Gasteiger partial charge in [-0.05, 0) is 23.8 Å². The average Bonchev–Trinajstić information content (AvgIpc) is 2.42. The lowest BCUT2D eigenvalue weighted by molar-refractivity contribution is -0.138. The summed E-state index contributed by atoms with van der Waals surface area (Å²) in [6.45, 7) is 0. The van der Waals surface area contributed by atoms with Crippen molar-refractivity contribution in [2.24, 2.45) is 0 Å². The van der Waals surface area contributed by atoms with Crippen molar-refractivity contribution in [3.8, 4) is 0 Å². The largest absolute Gasteiger partial charge is 0.481 e. The fourth-order valence-electron chi connectivity index (χ4n) is 1.82. The molecule has 0 amide bonds. The molecule has 0 radical (unpaired) electrons. The molecule has 0 saturated carbocycles. The topological polar surface area (TPSA) is 63.3 Å². The van der Waals surface area contributed by atoms with Crippen LogP contribution in [0.25, 0.3) is 0 Å². The number of hydrogen-bond donors (Lipinski definition) is 2. The summed E-state index contributed by atoms with van der Waals surface area (Å²) in [4.78, 5) is 12.2. The molecular formula is C15H14ClNO2S. The van der Waals surface area contributed by atoms with Crippen molar-refractivity contribution in [1.82, 2.24) is 0 Å². The maximum absolute atomic E-state index is 11.4. The van der Waals surface area contributed by atoms with E-state index in [1.807, 2.05) is 36.4 Å². The van der Waals surface area contributed by atoms with Crippen LogP contribution in [-0.2, 0) is 4.79 Å². The van der Waals surface area contributed by atoms with Crippen LogP contribution in [0.4, 0.5) is 5.69 Å². The molecule has 20 heavy (non-hydrogen) atoms. The second kappa shape index (κ2) is 6.68. The van der Waals surface area contributed by atoms with Crippen molar-refractivity contribution in [3.63, 3.8) is 0 Å². The second-order valence-electron chi connectivity index (χ2n) is 4.29. The Morgan fingerprint density at radius 2 is 1.95 bits per heavy atom. The monoisotopic (exact) mass is 307 g/mol. The normalized spacial score (nSPS) is 12.1. The molecule has 2 aromatic rings. The number of aliphatic carboxylic acids is 1. The molecule has 1 unspecified atom stereocenters. The summed E-state index contributed by atoms with van der Waals surface area (Å²) in [5, 5.41) is 9.93. The highest BCUT2D eigenvalue weighted by atomic mass is 35.5. The third-order valence-electron chi connectivity index (χ3n) is 2.88. The van der Waals surface area contributed by atoms with Gasteiger partial charge in [0.05, 0.1) is 5.92 Å². The van der Waals surface area contributed by atoms with Gasteiger partial charge in [-0.1, -0.05) is 41.9 Å². The first-order valence-electron chi connectivity index (χ1n) is 6.03. The van der Waals surface area contributed by atoms with Crippen LogP contribution >= 0.6 is 23.4 Å². The predicted octanol–water partition coefficient (Wildman–Crippen LogP) is 3.88. The van der Waals surface area contributed by atoms with Crippen LogP contribution < -0.4 is 5.73 Å². The quantitative estimate of drug-likeness (QED) is 0.650. The summed E-state index contributed by atoms with van der Waals surface area (Å²) in [6.07, 6.45) is 0. The van der Waals surface area contributed by atoms with Gasteiger partial charge >= 0.3 is 5.97 Å². The molecule has 1 atom stereocenters. The number of anilines is 1. The zero-order valence-corrected chi connectivity index (χ0v) is 12.2. The highest BCUT2D eigenvalue weighted by Crippen LogP contribution is 2.31. The number of carboxylic acids is 1. The van der Waals surface area contributed by atoms with Gasteiger partial charge in [-0.25, -0.2) is 0 Å². The number of rotatable bonds is 5. The first-order valence-corrected chi connectivity index (χ1v) is 7.40. The van der Waals surface area contributed by atoms with Gasteiger partial charge in [0.2, 0.25) is 0 Å². The summed E-state index contributed by atoms with van der Waals surface area (Å²) >= 11 is 7.27. The molecule has 0 aromatic heterocycles. The fraction of sp³-hybridized carbons (Fsp3) is 0.133. The molecule has 5 heteroatoms. The Labute approximate surface area is 126 Å². The van der Waals surface area contributed by atoms with E-state index in [-0.39, 0.29) is 0 Å². The van der Waals surface area contributed by atoms with Crippen molar-refractivity contribution < 1.29 is 9.90 Å². The molecule has 2 aromatic carbocycles. The van der Waals surface area contributed by atoms with Crippen molar-refractivity contribution in [3.05, 3.63) is 59.1 Å². The van der Waals surface area contributed by atoms with Gasteiger partial charge in [0.25, 0.3) is 0 Å². The van der Waals surface area contributed by atoms with Crippen molar-refractivity contribution in [2.45, 2.75) is 10.8 Å². The Hall–Kier alpha value is -1.65. The lowest BCUT2D eigenvalue weighted by atomic mass is 10.0.